The SMILES string of the molecule is CC1=C(/C=C/C(C)=C/C=C/C(C)=C/C=C/C=C(C)/C=C/C=C(C)/C=C/C2=C(C)C(=O)C(OC3CCCCO3)CC2(C)C)C(C)(C)CC(OC2CCCCO2)C1. The second-order valence-electron chi connectivity index (χ2n) is 17.4. The van der Waals surface area contributed by atoms with E-state index in [9.17, 15) is 4.79 Å². The van der Waals surface area contributed by atoms with Gasteiger partial charge >= 0.3 is 0 Å². The third-order valence-electron chi connectivity index (χ3n) is 11.2. The molecule has 0 bridgehead atoms. The van der Waals surface area contributed by atoms with Crippen LogP contribution in [0.4, 0.5) is 0 Å². The van der Waals surface area contributed by atoms with Crippen molar-refractivity contribution in [3.8, 4) is 0 Å². The van der Waals surface area contributed by atoms with Crippen LogP contribution in [0.5, 0.6) is 0 Å². The maximum absolute atomic E-state index is 13.2. The molecule has 4 unspecified atom stereocenters. The highest BCUT2D eigenvalue weighted by Gasteiger charge is 2.40. The lowest BCUT2D eigenvalue weighted by Crippen LogP contribution is -2.41. The zero-order valence-corrected chi connectivity index (χ0v) is 35.7. The molecule has 0 aromatic carbocycles. The predicted octanol–water partition coefficient (Wildman–Crippen LogP) is 12.8. The number of rotatable bonds is 14. The summed E-state index contributed by atoms with van der Waals surface area (Å²) in [5, 5.41) is 0. The highest BCUT2D eigenvalue weighted by atomic mass is 16.7. The molecule has 2 fully saturated rings. The molecule has 0 aromatic rings. The number of carbonyl (C=O) groups excluding carboxylic acids is 1. The summed E-state index contributed by atoms with van der Waals surface area (Å²) in [6.07, 6.45) is 38.4. The molecule has 0 spiro atoms. The van der Waals surface area contributed by atoms with Crippen LogP contribution in [0, 0.1) is 10.8 Å². The highest BCUT2D eigenvalue weighted by Crippen LogP contribution is 2.43. The number of allylic oxidation sites excluding steroid dienone is 20. The molecule has 300 valence electrons. The molecule has 0 N–H and O–H groups in total. The Morgan fingerprint density at radius 1 is 0.618 bits per heavy atom. The molecule has 2 aliphatic carbocycles. The van der Waals surface area contributed by atoms with Gasteiger partial charge in [-0.05, 0) is 127 Å². The minimum absolute atomic E-state index is 0.0323. The van der Waals surface area contributed by atoms with Crippen molar-refractivity contribution in [2.45, 2.75) is 152 Å². The van der Waals surface area contributed by atoms with Crippen molar-refractivity contribution in [1.82, 2.24) is 0 Å². The summed E-state index contributed by atoms with van der Waals surface area (Å²) in [7, 11) is 0. The molecule has 0 aromatic heterocycles. The molecule has 0 amide bonds. The molecule has 2 aliphatic heterocycles. The molecular weight excluding hydrogens is 681 g/mol. The quantitative estimate of drug-likeness (QED) is 0.166. The average Bonchev–Trinajstić information content (AvgIpc) is 3.12. The van der Waals surface area contributed by atoms with Crippen LogP contribution in [-0.4, -0.2) is 43.8 Å². The fourth-order valence-electron chi connectivity index (χ4n) is 8.06. The van der Waals surface area contributed by atoms with Crippen LogP contribution in [0.15, 0.2) is 130 Å². The molecule has 2 saturated heterocycles. The van der Waals surface area contributed by atoms with Gasteiger partial charge in [0.1, 0.15) is 6.10 Å². The molecule has 4 atom stereocenters. The van der Waals surface area contributed by atoms with Gasteiger partial charge in [0.05, 0.1) is 6.10 Å². The van der Waals surface area contributed by atoms with Crippen molar-refractivity contribution in [3.05, 3.63) is 130 Å². The van der Waals surface area contributed by atoms with E-state index >= 15 is 0 Å². The number of ether oxygens (including phenoxy) is 4. The molecule has 5 nitrogen and oxygen atoms in total. The van der Waals surface area contributed by atoms with Crippen molar-refractivity contribution >= 4 is 5.78 Å². The largest absolute Gasteiger partial charge is 0.353 e. The van der Waals surface area contributed by atoms with Gasteiger partial charge in [0.2, 0.25) is 0 Å². The van der Waals surface area contributed by atoms with Crippen molar-refractivity contribution in [1.29, 1.82) is 0 Å². The van der Waals surface area contributed by atoms with Gasteiger partial charge in [-0.1, -0.05) is 141 Å². The topological polar surface area (TPSA) is 54.0 Å². The molecule has 0 saturated carbocycles. The summed E-state index contributed by atoms with van der Waals surface area (Å²) in [4.78, 5) is 13.2. The monoisotopic (exact) mass is 751 g/mol. The fraction of sp³-hybridized carbons (Fsp3) is 0.540. The van der Waals surface area contributed by atoms with Gasteiger partial charge in [-0.2, -0.15) is 0 Å². The Kier molecular flexibility index (Phi) is 17.1. The first-order valence-electron chi connectivity index (χ1n) is 20.7. The van der Waals surface area contributed by atoms with Crippen molar-refractivity contribution < 1.29 is 23.7 Å². The molecular formula is C50H70O5. The summed E-state index contributed by atoms with van der Waals surface area (Å²) in [6.45, 7) is 23.2. The van der Waals surface area contributed by atoms with E-state index in [2.05, 4.69) is 147 Å². The van der Waals surface area contributed by atoms with Crippen LogP contribution in [0.1, 0.15) is 127 Å². The summed E-state index contributed by atoms with van der Waals surface area (Å²) in [6, 6.07) is 0. The second kappa shape index (κ2) is 21.3. The van der Waals surface area contributed by atoms with E-state index in [1.165, 1.54) is 28.7 Å². The Bertz CT molecular complexity index is 1660. The maximum atomic E-state index is 13.2. The van der Waals surface area contributed by atoms with Crippen LogP contribution in [0.2, 0.25) is 0 Å². The predicted molar refractivity (Wildman–Crippen MR) is 229 cm³/mol. The van der Waals surface area contributed by atoms with Crippen LogP contribution in [0.25, 0.3) is 0 Å². The molecule has 4 rings (SSSR count). The zero-order chi connectivity index (χ0) is 40.0. The summed E-state index contributed by atoms with van der Waals surface area (Å²) < 4.78 is 24.1. The first kappa shape index (κ1) is 44.4. The van der Waals surface area contributed by atoms with E-state index < -0.39 is 6.10 Å². The number of Topliss-reactive ketones (excluding diaryl/α,β-unsaturated/α-hetero) is 1. The zero-order valence-electron chi connectivity index (χ0n) is 35.7. The van der Waals surface area contributed by atoms with Crippen molar-refractivity contribution in [3.63, 3.8) is 0 Å². The first-order valence-corrected chi connectivity index (χ1v) is 20.7. The van der Waals surface area contributed by atoms with Gasteiger partial charge in [0.15, 0.2) is 18.4 Å². The maximum Gasteiger partial charge on any atom is 0.187 e. The van der Waals surface area contributed by atoms with Crippen LogP contribution >= 0.6 is 0 Å². The Labute approximate surface area is 334 Å². The Morgan fingerprint density at radius 3 is 1.60 bits per heavy atom. The summed E-state index contributed by atoms with van der Waals surface area (Å²) in [5.74, 6) is 0.0812. The highest BCUT2D eigenvalue weighted by molar-refractivity contribution is 6.00. The van der Waals surface area contributed by atoms with E-state index in [0.29, 0.717) is 13.0 Å². The van der Waals surface area contributed by atoms with Gasteiger partial charge in [-0.15, -0.1) is 0 Å². The van der Waals surface area contributed by atoms with Crippen LogP contribution in [-0.2, 0) is 23.7 Å². The molecule has 2 heterocycles. The average molecular weight is 751 g/mol. The Morgan fingerprint density at radius 2 is 1.09 bits per heavy atom. The fourth-order valence-corrected chi connectivity index (χ4v) is 8.06. The summed E-state index contributed by atoms with van der Waals surface area (Å²) >= 11 is 0. The molecule has 55 heavy (non-hydrogen) atoms. The Balaban J connectivity index is 1.25. The van der Waals surface area contributed by atoms with Crippen molar-refractivity contribution in [2.75, 3.05) is 13.2 Å². The second-order valence-corrected chi connectivity index (χ2v) is 17.4. The minimum Gasteiger partial charge on any atom is -0.353 e. The molecule has 5 heteroatoms. The minimum atomic E-state index is -0.437. The van der Waals surface area contributed by atoms with E-state index in [0.717, 1.165) is 73.8 Å². The number of hydrogen-bond donors (Lipinski definition) is 0. The molecule has 4 aliphatic rings. The lowest BCUT2D eigenvalue weighted by Gasteiger charge is -2.39. The molecule has 0 radical (unpaired) electrons. The first-order chi connectivity index (χ1) is 26.1. The van der Waals surface area contributed by atoms with E-state index in [4.69, 9.17) is 18.9 Å². The smallest absolute Gasteiger partial charge is 0.187 e. The van der Waals surface area contributed by atoms with Gasteiger partial charge in [-0.25, -0.2) is 0 Å². The Hall–Kier alpha value is -3.35. The van der Waals surface area contributed by atoms with Crippen molar-refractivity contribution in [2.24, 2.45) is 10.8 Å². The van der Waals surface area contributed by atoms with Gasteiger partial charge in [-0.3, -0.25) is 4.79 Å². The lowest BCUT2D eigenvalue weighted by molar-refractivity contribution is -0.194. The normalized spacial score (nSPS) is 28.0. The third-order valence-corrected chi connectivity index (χ3v) is 11.2. The van der Waals surface area contributed by atoms with E-state index in [1.807, 2.05) is 6.92 Å². The van der Waals surface area contributed by atoms with Crippen LogP contribution in [0.3, 0.4) is 0 Å². The van der Waals surface area contributed by atoms with Gasteiger partial charge < -0.3 is 18.9 Å². The van der Waals surface area contributed by atoms with Gasteiger partial charge in [0.25, 0.3) is 0 Å². The van der Waals surface area contributed by atoms with Crippen LogP contribution < -0.4 is 0 Å². The lowest BCUT2D eigenvalue weighted by atomic mass is 9.71. The van der Waals surface area contributed by atoms with E-state index in [-0.39, 0.29) is 35.3 Å². The number of hydrogen-bond acceptors (Lipinski definition) is 5. The summed E-state index contributed by atoms with van der Waals surface area (Å²) in [5.41, 5.74) is 9.30. The third kappa shape index (κ3) is 14.3. The number of ketones is 1. The standard InChI is InChI=1S/C50H70O5/c1-36(21-17-23-38(3)27-29-43-40(5)33-42(34-49(43,7)8)54-46-25-13-15-31-52-46)19-11-12-20-37(2)22-18-24-39(4)28-30-44-41(6)48(51)45(35-50(44,9)10)55-47-26-14-16-32-53-47/h11-12,17-24,27-30,42,45-47H,13-16,25-26,31-35H2,1-10H3/b12-11+,21-17+,22-18+,29-27+,30-28+,36-19+,37-20+,38-23+,39-24+. The van der Waals surface area contributed by atoms with Gasteiger partial charge in [0, 0.05) is 13.2 Å². The number of carbonyl (C=O) groups is 1. The van der Waals surface area contributed by atoms with E-state index in [1.54, 1.807) is 0 Å².